The number of halogens is 5. The predicted octanol–water partition coefficient (Wildman–Crippen LogP) is 4.99. The van der Waals surface area contributed by atoms with Crippen LogP contribution in [0.2, 0.25) is 10.0 Å². The first-order valence-electron chi connectivity index (χ1n) is 9.61. The van der Waals surface area contributed by atoms with Crippen LogP contribution in [-0.2, 0) is 27.5 Å². The number of aromatic nitrogens is 1. The van der Waals surface area contributed by atoms with Gasteiger partial charge in [0.05, 0.1) is 24.4 Å². The average molecular weight is 532 g/mol. The molecule has 0 saturated heterocycles. The van der Waals surface area contributed by atoms with Gasteiger partial charge in [-0.1, -0.05) is 47.5 Å². The van der Waals surface area contributed by atoms with Gasteiger partial charge in [-0.15, -0.1) is 0 Å². The van der Waals surface area contributed by atoms with E-state index in [-0.39, 0.29) is 17.8 Å². The number of sulfonamides is 1. The second-order valence-corrected chi connectivity index (χ2v) is 10.2. The number of nitrogens with zero attached hydrogens (tertiary/aromatic N) is 2. The van der Waals surface area contributed by atoms with E-state index in [9.17, 15) is 26.4 Å². The first-order chi connectivity index (χ1) is 15.8. The topological polar surface area (TPSA) is 93.4 Å². The molecule has 0 radical (unpaired) electrons. The van der Waals surface area contributed by atoms with Crippen molar-refractivity contribution in [3.63, 3.8) is 0 Å². The van der Waals surface area contributed by atoms with Crippen molar-refractivity contribution in [1.82, 2.24) is 4.98 Å². The number of amides is 1. The van der Waals surface area contributed by atoms with E-state index in [4.69, 9.17) is 28.9 Å². The maximum atomic E-state index is 12.8. The molecule has 0 bridgehead atoms. The Kier molecular flexibility index (Phi) is 7.44. The van der Waals surface area contributed by atoms with Crippen molar-refractivity contribution >= 4 is 44.8 Å². The second-order valence-electron chi connectivity index (χ2n) is 7.41. The number of nitrogens with two attached hydrogens (primary N) is 1. The van der Waals surface area contributed by atoms with Gasteiger partial charge in [0.2, 0.25) is 15.9 Å². The molecule has 0 aliphatic heterocycles. The van der Waals surface area contributed by atoms with Gasteiger partial charge in [0, 0.05) is 16.2 Å². The van der Waals surface area contributed by atoms with Gasteiger partial charge in [-0.3, -0.25) is 14.1 Å². The molecule has 3 rings (SSSR count). The van der Waals surface area contributed by atoms with E-state index in [0.717, 1.165) is 28.9 Å². The predicted molar refractivity (Wildman–Crippen MR) is 124 cm³/mol. The third-order valence-corrected chi connectivity index (χ3v) is 6.67. The van der Waals surface area contributed by atoms with E-state index in [0.29, 0.717) is 21.2 Å². The number of benzene rings is 2. The summed E-state index contributed by atoms with van der Waals surface area (Å²) in [6.45, 7) is -0.0732. The van der Waals surface area contributed by atoms with Gasteiger partial charge in [-0.25, -0.2) is 8.42 Å². The molecule has 0 aliphatic carbocycles. The fraction of sp³-hybridized carbons (Fsp3) is 0.182. The Hall–Kier alpha value is -2.82. The SMILES string of the molecule is CS(=O)(=O)N(Cc1ccc(Cl)cc1Cl)c1ccc(C(C(N)=O)c2ccc(C(F)(F)F)nc2)cc1. The van der Waals surface area contributed by atoms with Crippen LogP contribution in [0, 0.1) is 0 Å². The quantitative estimate of drug-likeness (QED) is 0.464. The van der Waals surface area contributed by atoms with Crippen LogP contribution in [-0.4, -0.2) is 25.6 Å². The van der Waals surface area contributed by atoms with Crippen LogP contribution in [0.1, 0.15) is 28.3 Å². The van der Waals surface area contributed by atoms with Crippen LogP contribution in [0.5, 0.6) is 0 Å². The minimum Gasteiger partial charge on any atom is -0.369 e. The van der Waals surface area contributed by atoms with Gasteiger partial charge >= 0.3 is 6.18 Å². The Bertz CT molecular complexity index is 1300. The number of carbonyl (C=O) groups excluding carboxylic acids is 1. The third-order valence-electron chi connectivity index (χ3n) is 4.94. The normalized spacial score (nSPS) is 12.9. The van der Waals surface area contributed by atoms with E-state index in [1.807, 2.05) is 0 Å². The second kappa shape index (κ2) is 9.81. The van der Waals surface area contributed by atoms with Crippen molar-refractivity contribution in [2.45, 2.75) is 18.6 Å². The van der Waals surface area contributed by atoms with Crippen molar-refractivity contribution < 1.29 is 26.4 Å². The molecule has 1 heterocycles. The largest absolute Gasteiger partial charge is 0.433 e. The Morgan fingerprint density at radius 3 is 2.15 bits per heavy atom. The number of primary amides is 1. The van der Waals surface area contributed by atoms with Crippen LogP contribution < -0.4 is 10.0 Å². The van der Waals surface area contributed by atoms with E-state index < -0.39 is 33.7 Å². The Morgan fingerprint density at radius 2 is 1.68 bits per heavy atom. The highest BCUT2D eigenvalue weighted by Gasteiger charge is 2.33. The zero-order valence-corrected chi connectivity index (χ0v) is 19.9. The molecule has 34 heavy (non-hydrogen) atoms. The molecule has 2 N–H and O–H groups in total. The van der Waals surface area contributed by atoms with E-state index >= 15 is 0 Å². The molecule has 180 valence electrons. The molecule has 0 aliphatic rings. The van der Waals surface area contributed by atoms with Crippen LogP contribution in [0.4, 0.5) is 18.9 Å². The standard InChI is InChI=1S/C22H18Cl2F3N3O3S/c1-34(32,33)30(12-15-2-6-16(23)10-18(15)24)17-7-3-13(4-8-17)20(21(28)31)14-5-9-19(29-11-14)22(25,26)27/h2-11,20H,12H2,1H3,(H2,28,31). The number of pyridine rings is 1. The summed E-state index contributed by atoms with van der Waals surface area (Å²) in [7, 11) is -3.73. The highest BCUT2D eigenvalue weighted by atomic mass is 35.5. The molecule has 1 atom stereocenters. The molecule has 1 amide bonds. The molecule has 3 aromatic rings. The fourth-order valence-electron chi connectivity index (χ4n) is 3.30. The van der Waals surface area contributed by atoms with Gasteiger partial charge < -0.3 is 5.73 Å². The maximum Gasteiger partial charge on any atom is 0.433 e. The highest BCUT2D eigenvalue weighted by Crippen LogP contribution is 2.32. The van der Waals surface area contributed by atoms with E-state index in [1.165, 1.54) is 30.3 Å². The zero-order chi connectivity index (χ0) is 25.3. The van der Waals surface area contributed by atoms with Crippen LogP contribution in [0.15, 0.2) is 60.8 Å². The lowest BCUT2D eigenvalue weighted by Gasteiger charge is -2.24. The minimum absolute atomic E-state index is 0.0732. The Morgan fingerprint density at radius 1 is 1.06 bits per heavy atom. The first-order valence-corrected chi connectivity index (χ1v) is 12.2. The number of rotatable bonds is 7. The maximum absolute atomic E-state index is 12.8. The molecule has 1 aromatic heterocycles. The fourth-order valence-corrected chi connectivity index (χ4v) is 4.65. The van der Waals surface area contributed by atoms with Crippen molar-refractivity contribution in [3.05, 3.63) is 93.2 Å². The Labute approximate surface area is 204 Å². The summed E-state index contributed by atoms with van der Waals surface area (Å²) in [6, 6.07) is 12.5. The summed E-state index contributed by atoms with van der Waals surface area (Å²) in [5.74, 6) is -1.89. The molecular formula is C22H18Cl2F3N3O3S. The molecule has 2 aromatic carbocycles. The van der Waals surface area contributed by atoms with Crippen molar-refractivity contribution in [1.29, 1.82) is 0 Å². The monoisotopic (exact) mass is 531 g/mol. The van der Waals surface area contributed by atoms with E-state index in [1.54, 1.807) is 12.1 Å². The minimum atomic E-state index is -4.62. The lowest BCUT2D eigenvalue weighted by Crippen LogP contribution is -2.29. The number of carbonyl (C=O) groups is 1. The van der Waals surface area contributed by atoms with Crippen LogP contribution in [0.25, 0.3) is 0 Å². The highest BCUT2D eigenvalue weighted by molar-refractivity contribution is 7.92. The zero-order valence-electron chi connectivity index (χ0n) is 17.6. The molecule has 0 saturated carbocycles. The number of hydrogen-bond donors (Lipinski definition) is 1. The summed E-state index contributed by atoms with van der Waals surface area (Å²) in [6.07, 6.45) is -2.65. The molecule has 0 spiro atoms. The first kappa shape index (κ1) is 25.8. The molecule has 1 unspecified atom stereocenters. The molecule has 0 fully saturated rings. The molecule has 6 nitrogen and oxygen atoms in total. The van der Waals surface area contributed by atoms with Gasteiger partial charge in [0.25, 0.3) is 0 Å². The van der Waals surface area contributed by atoms with Gasteiger partial charge in [-0.05, 0) is 47.0 Å². The number of hydrogen-bond acceptors (Lipinski definition) is 4. The summed E-state index contributed by atoms with van der Waals surface area (Å²) < 4.78 is 64.4. The smallest absolute Gasteiger partial charge is 0.369 e. The van der Waals surface area contributed by atoms with Crippen LogP contribution in [0.3, 0.4) is 0 Å². The van der Waals surface area contributed by atoms with Gasteiger partial charge in [0.1, 0.15) is 5.69 Å². The summed E-state index contributed by atoms with van der Waals surface area (Å²) in [5, 5.41) is 0.695. The average Bonchev–Trinajstić information content (AvgIpc) is 2.73. The summed E-state index contributed by atoms with van der Waals surface area (Å²) in [5.41, 5.74) is 5.73. The summed E-state index contributed by atoms with van der Waals surface area (Å²) >= 11 is 12.1. The van der Waals surface area contributed by atoms with Crippen LogP contribution >= 0.6 is 23.2 Å². The molecule has 12 heteroatoms. The lowest BCUT2D eigenvalue weighted by molar-refractivity contribution is -0.141. The van der Waals surface area contributed by atoms with E-state index in [2.05, 4.69) is 4.98 Å². The van der Waals surface area contributed by atoms with Crippen molar-refractivity contribution in [2.75, 3.05) is 10.6 Å². The lowest BCUT2D eigenvalue weighted by atomic mass is 9.91. The van der Waals surface area contributed by atoms with Gasteiger partial charge in [0.15, 0.2) is 0 Å². The van der Waals surface area contributed by atoms with Crippen molar-refractivity contribution in [3.8, 4) is 0 Å². The summed E-state index contributed by atoms with van der Waals surface area (Å²) in [4.78, 5) is 15.5. The molecular weight excluding hydrogens is 514 g/mol. The number of anilines is 1. The Balaban J connectivity index is 1.94. The third kappa shape index (κ3) is 5.99. The van der Waals surface area contributed by atoms with Gasteiger partial charge in [-0.2, -0.15) is 13.2 Å². The number of alkyl halides is 3. The van der Waals surface area contributed by atoms with Crippen molar-refractivity contribution in [2.24, 2.45) is 5.73 Å².